The Balaban J connectivity index is 2.30. The van der Waals surface area contributed by atoms with Crippen LogP contribution in [0.1, 0.15) is 11.1 Å². The van der Waals surface area contributed by atoms with Gasteiger partial charge in [0.2, 0.25) is 0 Å². The number of benzene rings is 1. The van der Waals surface area contributed by atoms with Crippen molar-refractivity contribution in [3.63, 3.8) is 0 Å². The van der Waals surface area contributed by atoms with Gasteiger partial charge in [-0.25, -0.2) is 5.01 Å². The maximum Gasteiger partial charge on any atom is 0.405 e. The van der Waals surface area contributed by atoms with E-state index >= 15 is 0 Å². The number of hydrazone groups is 1. The van der Waals surface area contributed by atoms with Crippen molar-refractivity contribution in [3.05, 3.63) is 29.3 Å². The van der Waals surface area contributed by atoms with Crippen LogP contribution in [-0.2, 0) is 4.79 Å². The Morgan fingerprint density at radius 1 is 1.22 bits per heavy atom. The van der Waals surface area contributed by atoms with Gasteiger partial charge in [0.15, 0.2) is 5.92 Å². The molecule has 96 valence electrons. The number of rotatable bonds is 1. The first kappa shape index (κ1) is 12.6. The quantitative estimate of drug-likeness (QED) is 0.760. The molecule has 0 radical (unpaired) electrons. The van der Waals surface area contributed by atoms with Crippen molar-refractivity contribution in [3.8, 4) is 0 Å². The number of halogens is 3. The number of hydrogen-bond donors (Lipinski definition) is 0. The fraction of sp³-hybridized carbons (Fsp3) is 0.333. The Kier molecular flexibility index (Phi) is 2.88. The smallest absolute Gasteiger partial charge is 0.271 e. The number of nitrogens with zero attached hydrogens (tertiary/aromatic N) is 2. The summed E-state index contributed by atoms with van der Waals surface area (Å²) in [7, 11) is 0. The third-order valence-corrected chi connectivity index (χ3v) is 2.89. The maximum atomic E-state index is 12.5. The summed E-state index contributed by atoms with van der Waals surface area (Å²) in [5, 5.41) is 4.34. The molecule has 1 heterocycles. The summed E-state index contributed by atoms with van der Waals surface area (Å²) in [6, 6.07) is 4.97. The summed E-state index contributed by atoms with van der Waals surface area (Å²) < 4.78 is 37.5. The van der Waals surface area contributed by atoms with Gasteiger partial charge < -0.3 is 0 Å². The molecule has 0 bridgehead atoms. The third-order valence-electron chi connectivity index (χ3n) is 2.89. The Morgan fingerprint density at radius 3 is 2.39 bits per heavy atom. The second kappa shape index (κ2) is 4.12. The Morgan fingerprint density at radius 2 is 1.89 bits per heavy atom. The van der Waals surface area contributed by atoms with Crippen LogP contribution < -0.4 is 5.01 Å². The van der Waals surface area contributed by atoms with Gasteiger partial charge >= 0.3 is 6.18 Å². The van der Waals surface area contributed by atoms with Crippen molar-refractivity contribution in [2.75, 3.05) is 5.01 Å². The van der Waals surface area contributed by atoms with E-state index in [1.165, 1.54) is 0 Å². The highest BCUT2D eigenvalue weighted by molar-refractivity contribution is 6.08. The van der Waals surface area contributed by atoms with E-state index in [9.17, 15) is 18.0 Å². The van der Waals surface area contributed by atoms with Gasteiger partial charge in [-0.2, -0.15) is 18.3 Å². The second-order valence-corrected chi connectivity index (χ2v) is 4.20. The van der Waals surface area contributed by atoms with E-state index in [4.69, 9.17) is 0 Å². The van der Waals surface area contributed by atoms with Crippen LogP contribution in [0, 0.1) is 19.8 Å². The first-order chi connectivity index (χ1) is 8.30. The van der Waals surface area contributed by atoms with Crippen LogP contribution in [0.5, 0.6) is 0 Å². The van der Waals surface area contributed by atoms with Gasteiger partial charge in [0.1, 0.15) is 0 Å². The zero-order valence-corrected chi connectivity index (χ0v) is 9.82. The van der Waals surface area contributed by atoms with Crippen molar-refractivity contribution in [2.24, 2.45) is 11.0 Å². The predicted molar refractivity (Wildman–Crippen MR) is 61.4 cm³/mol. The summed E-state index contributed by atoms with van der Waals surface area (Å²) >= 11 is 0. The number of hydrogen-bond acceptors (Lipinski definition) is 2. The molecular weight excluding hydrogens is 245 g/mol. The van der Waals surface area contributed by atoms with E-state index in [0.717, 1.165) is 16.1 Å². The minimum atomic E-state index is -4.59. The van der Waals surface area contributed by atoms with Crippen LogP contribution >= 0.6 is 0 Å². The molecule has 1 aliphatic rings. The molecule has 2 rings (SSSR count). The van der Waals surface area contributed by atoms with Crippen molar-refractivity contribution in [2.45, 2.75) is 20.0 Å². The highest BCUT2D eigenvalue weighted by atomic mass is 19.4. The van der Waals surface area contributed by atoms with Gasteiger partial charge in [0, 0.05) is 6.21 Å². The van der Waals surface area contributed by atoms with Gasteiger partial charge in [-0.15, -0.1) is 0 Å². The summed E-state index contributed by atoms with van der Waals surface area (Å²) in [6.45, 7) is 3.71. The molecule has 0 spiro atoms. The van der Waals surface area contributed by atoms with Crippen LogP contribution in [0.4, 0.5) is 18.9 Å². The molecule has 0 aromatic heterocycles. The fourth-order valence-corrected chi connectivity index (χ4v) is 1.66. The molecule has 0 fully saturated rings. The number of alkyl halides is 3. The summed E-state index contributed by atoms with van der Waals surface area (Å²) in [5.41, 5.74) is 2.25. The van der Waals surface area contributed by atoms with Gasteiger partial charge in [-0.05, 0) is 37.1 Å². The molecule has 1 aromatic carbocycles. The average Bonchev–Trinajstić information content (AvgIpc) is 2.64. The lowest BCUT2D eigenvalue weighted by Gasteiger charge is -2.16. The van der Waals surface area contributed by atoms with Crippen molar-refractivity contribution in [1.82, 2.24) is 0 Å². The van der Waals surface area contributed by atoms with Gasteiger partial charge in [-0.3, -0.25) is 4.79 Å². The summed E-state index contributed by atoms with van der Waals surface area (Å²) in [4.78, 5) is 11.6. The second-order valence-electron chi connectivity index (χ2n) is 4.20. The summed E-state index contributed by atoms with van der Waals surface area (Å²) in [5.74, 6) is -3.20. The lowest BCUT2D eigenvalue weighted by Crippen LogP contribution is -2.35. The SMILES string of the molecule is Cc1ccc(N2N=CC(C(F)(F)F)C2=O)cc1C. The van der Waals surface area contributed by atoms with Crippen LogP contribution in [0.2, 0.25) is 0 Å². The van der Waals surface area contributed by atoms with E-state index in [2.05, 4.69) is 5.10 Å². The number of amides is 1. The van der Waals surface area contributed by atoms with E-state index in [-0.39, 0.29) is 0 Å². The van der Waals surface area contributed by atoms with E-state index in [0.29, 0.717) is 11.9 Å². The minimum absolute atomic E-state index is 0.353. The van der Waals surface area contributed by atoms with Crippen molar-refractivity contribution in [1.29, 1.82) is 0 Å². The Hall–Kier alpha value is -1.85. The number of anilines is 1. The van der Waals surface area contributed by atoms with Gasteiger partial charge in [-0.1, -0.05) is 6.07 Å². The summed E-state index contributed by atoms with van der Waals surface area (Å²) in [6.07, 6.45) is -3.95. The van der Waals surface area contributed by atoms with Crippen LogP contribution in [0.15, 0.2) is 23.3 Å². The zero-order valence-electron chi connectivity index (χ0n) is 9.82. The normalized spacial score (nSPS) is 19.7. The average molecular weight is 256 g/mol. The fourth-order valence-electron chi connectivity index (χ4n) is 1.66. The third kappa shape index (κ3) is 2.10. The first-order valence-electron chi connectivity index (χ1n) is 5.33. The molecule has 3 nitrogen and oxygen atoms in total. The molecule has 1 unspecified atom stereocenters. The molecule has 0 N–H and O–H groups in total. The monoisotopic (exact) mass is 256 g/mol. The molecule has 1 aliphatic heterocycles. The van der Waals surface area contributed by atoms with Gasteiger partial charge in [0.05, 0.1) is 5.69 Å². The zero-order chi connectivity index (χ0) is 13.5. The Labute approximate surface area is 102 Å². The van der Waals surface area contributed by atoms with Crippen LogP contribution in [-0.4, -0.2) is 18.3 Å². The highest BCUT2D eigenvalue weighted by Gasteiger charge is 2.49. The molecule has 1 aromatic rings. The predicted octanol–water partition coefficient (Wildman–Crippen LogP) is 2.81. The Bertz CT molecular complexity index is 523. The molecule has 1 atom stereocenters. The van der Waals surface area contributed by atoms with E-state index in [1.54, 1.807) is 18.2 Å². The number of carbonyl (C=O) groups is 1. The maximum absolute atomic E-state index is 12.5. The first-order valence-corrected chi connectivity index (χ1v) is 5.33. The lowest BCUT2D eigenvalue weighted by molar-refractivity contribution is -0.164. The largest absolute Gasteiger partial charge is 0.405 e. The lowest BCUT2D eigenvalue weighted by atomic mass is 10.1. The van der Waals surface area contributed by atoms with Crippen LogP contribution in [0.25, 0.3) is 0 Å². The standard InChI is InChI=1S/C12H11F3N2O/c1-7-3-4-9(5-8(7)2)17-11(18)10(6-16-17)12(13,14)15/h3-6,10H,1-2H3. The highest BCUT2D eigenvalue weighted by Crippen LogP contribution is 2.32. The topological polar surface area (TPSA) is 32.7 Å². The molecule has 18 heavy (non-hydrogen) atoms. The van der Waals surface area contributed by atoms with Crippen LogP contribution in [0.3, 0.4) is 0 Å². The molecule has 0 saturated carbocycles. The van der Waals surface area contributed by atoms with Gasteiger partial charge in [0.25, 0.3) is 5.91 Å². The minimum Gasteiger partial charge on any atom is -0.271 e. The number of aryl methyl sites for hydroxylation is 2. The van der Waals surface area contributed by atoms with Crippen molar-refractivity contribution < 1.29 is 18.0 Å². The molecule has 0 aliphatic carbocycles. The number of carbonyl (C=O) groups excluding carboxylic acids is 1. The van der Waals surface area contributed by atoms with E-state index < -0.39 is 18.0 Å². The molecule has 1 amide bonds. The molecule has 0 saturated heterocycles. The van der Waals surface area contributed by atoms with E-state index in [1.807, 2.05) is 13.8 Å². The molecule has 6 heteroatoms. The van der Waals surface area contributed by atoms with Crippen molar-refractivity contribution >= 4 is 17.8 Å². The molecular formula is C12H11F3N2O.